The summed E-state index contributed by atoms with van der Waals surface area (Å²) in [7, 11) is 1.17. The smallest absolute Gasteiger partial charge is 0.306 e. The zero-order chi connectivity index (χ0) is 74.0. The topological polar surface area (TPSA) is 111 Å². The average Bonchev–Trinajstić information content (AvgIpc) is 0.935. The summed E-state index contributed by atoms with van der Waals surface area (Å²) in [6, 6.07) is 0. The summed E-state index contributed by atoms with van der Waals surface area (Å²) in [6.45, 7) is 4.04. The van der Waals surface area contributed by atoms with Gasteiger partial charge >= 0.3 is 11.9 Å². The fourth-order valence-electron chi connectivity index (χ4n) is 11.4. The monoisotopic (exact) mass is 1430 g/mol. The average molecular weight is 1440 g/mol. The summed E-state index contributed by atoms with van der Waals surface area (Å²) < 4.78 is 34.5. The van der Waals surface area contributed by atoms with Crippen molar-refractivity contribution < 1.29 is 42.1 Å². The predicted molar refractivity (Wildman–Crippen MR) is 443 cm³/mol. The number of hydrogen-bond acceptors (Lipinski definition) is 8. The summed E-state index contributed by atoms with van der Waals surface area (Å²) in [5.41, 5.74) is 0. The first kappa shape index (κ1) is 97.4. The summed E-state index contributed by atoms with van der Waals surface area (Å²) in [4.78, 5) is 38.2. The van der Waals surface area contributed by atoms with E-state index in [1.165, 1.54) is 186 Å². The molecule has 0 aliphatic rings. The van der Waals surface area contributed by atoms with Crippen LogP contribution in [-0.4, -0.2) is 70.0 Å². The maximum absolute atomic E-state index is 12.9. The van der Waals surface area contributed by atoms with E-state index in [2.05, 4.69) is 184 Å². The van der Waals surface area contributed by atoms with Gasteiger partial charge in [0.25, 0.3) is 7.82 Å². The molecule has 0 bridgehead atoms. The Labute approximate surface area is 629 Å². The van der Waals surface area contributed by atoms with Crippen LogP contribution in [0.4, 0.5) is 0 Å². The molecule has 0 radical (unpaired) electrons. The van der Waals surface area contributed by atoms with Crippen LogP contribution >= 0.6 is 7.82 Å². The zero-order valence-corrected chi connectivity index (χ0v) is 67.4. The molecule has 582 valence electrons. The molecule has 9 nitrogen and oxygen atoms in total. The highest BCUT2D eigenvalue weighted by atomic mass is 31.2. The Morgan fingerprint density at radius 2 is 0.529 bits per heavy atom. The van der Waals surface area contributed by atoms with Gasteiger partial charge in [0.1, 0.15) is 19.8 Å². The van der Waals surface area contributed by atoms with E-state index in [1.54, 1.807) is 0 Å². The number of allylic oxidation sites excluding steroid dienone is 28. The molecule has 0 amide bonds. The van der Waals surface area contributed by atoms with Gasteiger partial charge in [-0.1, -0.05) is 377 Å². The largest absolute Gasteiger partial charge is 0.756 e. The van der Waals surface area contributed by atoms with Gasteiger partial charge in [0.05, 0.1) is 27.7 Å². The summed E-state index contributed by atoms with van der Waals surface area (Å²) in [6.07, 6.45) is 122. The molecule has 10 heteroatoms. The first-order valence-electron chi connectivity index (χ1n) is 41.8. The van der Waals surface area contributed by atoms with Crippen molar-refractivity contribution in [3.05, 3.63) is 170 Å². The molecule has 0 aromatic carbocycles. The van der Waals surface area contributed by atoms with E-state index in [0.29, 0.717) is 17.4 Å². The van der Waals surface area contributed by atoms with Crippen LogP contribution in [0.3, 0.4) is 0 Å². The number of phosphoric ester groups is 1. The van der Waals surface area contributed by atoms with Gasteiger partial charge in [-0.3, -0.25) is 14.2 Å². The van der Waals surface area contributed by atoms with Gasteiger partial charge in [-0.15, -0.1) is 0 Å². The summed E-state index contributed by atoms with van der Waals surface area (Å²) in [5.74, 6) is -0.826. The van der Waals surface area contributed by atoms with Crippen LogP contribution in [0, 0.1) is 0 Å². The molecule has 0 spiro atoms. The molecule has 2 atom stereocenters. The van der Waals surface area contributed by atoms with Crippen LogP contribution in [0.2, 0.25) is 0 Å². The molecule has 0 aliphatic carbocycles. The number of quaternary nitrogens is 1. The second kappa shape index (κ2) is 80.5. The number of unbranched alkanes of at least 4 members (excludes halogenated alkanes) is 34. The van der Waals surface area contributed by atoms with Crippen molar-refractivity contribution in [2.24, 2.45) is 0 Å². The van der Waals surface area contributed by atoms with Crippen LogP contribution in [0.5, 0.6) is 0 Å². The molecule has 2 unspecified atom stereocenters. The summed E-state index contributed by atoms with van der Waals surface area (Å²) >= 11 is 0. The van der Waals surface area contributed by atoms with Crippen LogP contribution < -0.4 is 4.89 Å². The molecule has 0 saturated carbocycles. The van der Waals surface area contributed by atoms with Crippen molar-refractivity contribution in [3.8, 4) is 0 Å². The van der Waals surface area contributed by atoms with E-state index in [0.717, 1.165) is 128 Å². The normalized spacial score (nSPS) is 13.9. The quantitative estimate of drug-likeness (QED) is 0.0195. The third-order valence-electron chi connectivity index (χ3n) is 17.7. The Morgan fingerprint density at radius 3 is 0.784 bits per heavy atom. The zero-order valence-electron chi connectivity index (χ0n) is 66.5. The minimum absolute atomic E-state index is 0.0350. The van der Waals surface area contributed by atoms with Crippen molar-refractivity contribution in [2.75, 3.05) is 47.5 Å². The molecule has 0 aromatic heterocycles. The van der Waals surface area contributed by atoms with E-state index >= 15 is 0 Å². The fourth-order valence-corrected chi connectivity index (χ4v) is 12.2. The Morgan fingerprint density at radius 1 is 0.304 bits per heavy atom. The van der Waals surface area contributed by atoms with Gasteiger partial charge in [-0.25, -0.2) is 0 Å². The number of carbonyl (C=O) groups excluding carboxylic acids is 2. The Kier molecular flexibility index (Phi) is 76.8. The van der Waals surface area contributed by atoms with Crippen molar-refractivity contribution in [1.29, 1.82) is 0 Å². The highest BCUT2D eigenvalue weighted by Crippen LogP contribution is 2.38. The van der Waals surface area contributed by atoms with Gasteiger partial charge < -0.3 is 27.9 Å². The Bertz CT molecular complexity index is 2340. The highest BCUT2D eigenvalue weighted by molar-refractivity contribution is 7.45. The molecule has 0 rings (SSSR count). The van der Waals surface area contributed by atoms with E-state index in [4.69, 9.17) is 18.5 Å². The van der Waals surface area contributed by atoms with Crippen LogP contribution in [0.1, 0.15) is 348 Å². The first-order valence-corrected chi connectivity index (χ1v) is 43.3. The minimum atomic E-state index is -4.65. The molecule has 0 aromatic rings. The number of rotatable bonds is 76. The lowest BCUT2D eigenvalue weighted by molar-refractivity contribution is -0.870. The lowest BCUT2D eigenvalue weighted by Gasteiger charge is -2.28. The lowest BCUT2D eigenvalue weighted by Crippen LogP contribution is -2.37. The van der Waals surface area contributed by atoms with Crippen LogP contribution in [-0.2, 0) is 32.7 Å². The number of likely N-dealkylation sites (N-methyl/N-ethyl adjacent to an activating group) is 1. The first-order chi connectivity index (χ1) is 50.0. The number of carbonyl (C=O) groups is 2. The van der Waals surface area contributed by atoms with Gasteiger partial charge in [0.2, 0.25) is 0 Å². The van der Waals surface area contributed by atoms with Gasteiger partial charge in [-0.2, -0.15) is 0 Å². The van der Waals surface area contributed by atoms with Crippen LogP contribution in [0.25, 0.3) is 0 Å². The molecule has 0 saturated heterocycles. The third kappa shape index (κ3) is 84.3. The lowest BCUT2D eigenvalue weighted by atomic mass is 10.0. The predicted octanol–water partition coefficient (Wildman–Crippen LogP) is 27.8. The standard InChI is InChI=1S/C92H156NO8P/c1-6-8-10-12-14-16-18-20-22-24-26-28-30-32-34-36-38-40-42-44-46-48-50-52-54-56-58-60-62-64-66-68-70-72-74-76-78-80-82-84-91(94)98-88-90(89-100-102(96,97)99-87-86-93(3,4)5)101-92(95)85-83-81-79-77-75-73-71-69-67-65-63-61-59-57-55-53-51-49-47-45-43-41-39-37-35-33-31-29-27-25-23-21-19-17-15-13-11-9-7-2/h8-11,14-17,20-23,26-29,32-35,38-41,44-47,90H,6-7,12-13,18-19,24-25,30-31,36-37,42-43,48-89H2,1-5H3/b10-8-,11-9-,16-14-,17-15-,22-20-,23-21-,28-26-,29-27-,34-32-,35-33-,40-38-,41-39-,46-44-,47-45-. The second-order valence-corrected chi connectivity index (χ2v) is 30.1. The SMILES string of the molecule is CC/C=C\C/C=C\C/C=C\C/C=C\C/C=C\C/C=C\C/C=C\CCCCCCCCCCCCCCCCCCCC(=O)OCC(COP(=O)([O-])OCC[N+](C)(C)C)OC(=O)CCCCCCCCCCCCCCCCCCC/C=C\C/C=C\C/C=C\C/C=C\C/C=C\C/C=C\C/C=C\CC. The number of ether oxygens (including phenoxy) is 2. The Balaban J connectivity index is 3.97. The molecule has 0 fully saturated rings. The molecule has 0 N–H and O–H groups in total. The number of phosphoric acid groups is 1. The number of hydrogen-bond donors (Lipinski definition) is 0. The maximum Gasteiger partial charge on any atom is 0.306 e. The molecule has 0 heterocycles. The van der Waals surface area contributed by atoms with Gasteiger partial charge in [0, 0.05) is 12.8 Å². The van der Waals surface area contributed by atoms with Gasteiger partial charge in [-0.05, 0) is 128 Å². The number of esters is 2. The van der Waals surface area contributed by atoms with E-state index in [1.807, 2.05) is 21.1 Å². The molecular formula is C92H156NO8P. The van der Waals surface area contributed by atoms with E-state index in [-0.39, 0.29) is 32.0 Å². The van der Waals surface area contributed by atoms with E-state index < -0.39 is 26.5 Å². The van der Waals surface area contributed by atoms with Crippen molar-refractivity contribution in [3.63, 3.8) is 0 Å². The molecule has 102 heavy (non-hydrogen) atoms. The molecule has 0 aliphatic heterocycles. The molecular weight excluding hydrogens is 1280 g/mol. The Hall–Kier alpha value is -4.63. The fraction of sp³-hybridized carbons (Fsp3) is 0.674. The maximum atomic E-state index is 12.9. The van der Waals surface area contributed by atoms with E-state index in [9.17, 15) is 19.0 Å². The van der Waals surface area contributed by atoms with Crippen molar-refractivity contribution >= 4 is 19.8 Å². The third-order valence-corrected chi connectivity index (χ3v) is 18.7. The van der Waals surface area contributed by atoms with Crippen LogP contribution in [0.15, 0.2) is 170 Å². The van der Waals surface area contributed by atoms with Crippen molar-refractivity contribution in [2.45, 2.75) is 354 Å². The van der Waals surface area contributed by atoms with Gasteiger partial charge in [0.15, 0.2) is 6.10 Å². The second-order valence-electron chi connectivity index (χ2n) is 28.7. The summed E-state index contributed by atoms with van der Waals surface area (Å²) in [5, 5.41) is 0. The minimum Gasteiger partial charge on any atom is -0.756 e. The van der Waals surface area contributed by atoms with Crippen molar-refractivity contribution in [1.82, 2.24) is 0 Å². The highest BCUT2D eigenvalue weighted by Gasteiger charge is 2.22. The number of nitrogens with zero attached hydrogens (tertiary/aromatic N) is 1.